The molecule has 0 radical (unpaired) electrons. The molecule has 0 unspecified atom stereocenters. The molecule has 9 heteroatoms. The van der Waals surface area contributed by atoms with Gasteiger partial charge in [0.1, 0.15) is 22.4 Å². The first kappa shape index (κ1) is 18.8. The lowest BCUT2D eigenvalue weighted by atomic mass is 10.2. The maximum atomic E-state index is 13.3. The Bertz CT molecular complexity index is 1080. The van der Waals surface area contributed by atoms with E-state index >= 15 is 0 Å². The topological polar surface area (TPSA) is 91.0 Å². The van der Waals surface area contributed by atoms with Crippen LogP contribution in [-0.4, -0.2) is 47.3 Å². The summed E-state index contributed by atoms with van der Waals surface area (Å²) < 4.78 is 40.8. The summed E-state index contributed by atoms with van der Waals surface area (Å²) in [5, 5.41) is 3.11. The molecule has 0 saturated carbocycles. The number of nitrogens with one attached hydrogen (secondary N) is 2. The summed E-state index contributed by atoms with van der Waals surface area (Å²) in [6, 6.07) is 7.62. The van der Waals surface area contributed by atoms with Gasteiger partial charge in [-0.3, -0.25) is 0 Å². The minimum atomic E-state index is -3.57. The number of pyridine rings is 1. The molecule has 3 heterocycles. The third-order valence-electron chi connectivity index (χ3n) is 4.85. The van der Waals surface area contributed by atoms with Gasteiger partial charge in [-0.05, 0) is 43.2 Å². The number of piperidine rings is 1. The minimum absolute atomic E-state index is 0.198. The van der Waals surface area contributed by atoms with Crippen LogP contribution in [0.15, 0.2) is 41.4 Å². The van der Waals surface area contributed by atoms with Crippen molar-refractivity contribution in [2.45, 2.75) is 30.6 Å². The molecule has 0 atom stereocenters. The van der Waals surface area contributed by atoms with Crippen LogP contribution in [0.2, 0.25) is 0 Å². The van der Waals surface area contributed by atoms with Gasteiger partial charge in [0.2, 0.25) is 10.0 Å². The van der Waals surface area contributed by atoms with Gasteiger partial charge in [-0.25, -0.2) is 22.8 Å². The first-order valence-electron chi connectivity index (χ1n) is 9.37. The lowest BCUT2D eigenvalue weighted by molar-refractivity contribution is 0.346. The van der Waals surface area contributed by atoms with Gasteiger partial charge in [0.15, 0.2) is 0 Å². The zero-order valence-corrected chi connectivity index (χ0v) is 16.2. The number of hydrogen-bond donors (Lipinski definition) is 2. The molecule has 0 bridgehead atoms. The highest BCUT2D eigenvalue weighted by Crippen LogP contribution is 2.25. The van der Waals surface area contributed by atoms with Gasteiger partial charge in [0.05, 0.1) is 11.0 Å². The molecule has 28 heavy (non-hydrogen) atoms. The molecule has 0 amide bonds. The maximum absolute atomic E-state index is 13.3. The van der Waals surface area contributed by atoms with E-state index in [-0.39, 0.29) is 10.7 Å². The van der Waals surface area contributed by atoms with Crippen LogP contribution in [0.3, 0.4) is 0 Å². The largest absolute Gasteiger partial charge is 0.368 e. The summed E-state index contributed by atoms with van der Waals surface area (Å²) in [7, 11) is -3.57. The van der Waals surface area contributed by atoms with Crippen LogP contribution in [-0.2, 0) is 16.4 Å². The predicted molar refractivity (Wildman–Crippen MR) is 105 cm³/mol. The fourth-order valence-corrected chi connectivity index (χ4v) is 5.07. The Morgan fingerprint density at radius 3 is 2.82 bits per heavy atom. The first-order valence-corrected chi connectivity index (χ1v) is 10.8. The molecule has 2 N–H and O–H groups in total. The van der Waals surface area contributed by atoms with E-state index in [1.807, 2.05) is 0 Å². The molecular formula is C19H22FN5O2S. The monoisotopic (exact) mass is 403 g/mol. The summed E-state index contributed by atoms with van der Waals surface area (Å²) in [4.78, 5) is 11.9. The molecule has 2 aromatic heterocycles. The third kappa shape index (κ3) is 3.85. The zero-order valence-electron chi connectivity index (χ0n) is 15.4. The molecule has 7 nitrogen and oxygen atoms in total. The molecule has 1 saturated heterocycles. The van der Waals surface area contributed by atoms with E-state index in [1.54, 1.807) is 24.4 Å². The number of aromatic amines is 1. The number of halogens is 1. The average Bonchev–Trinajstić information content (AvgIpc) is 3.11. The molecule has 1 aromatic carbocycles. The van der Waals surface area contributed by atoms with E-state index < -0.39 is 10.0 Å². The Balaban J connectivity index is 1.47. The summed E-state index contributed by atoms with van der Waals surface area (Å²) in [5.74, 6) is 0.724. The van der Waals surface area contributed by atoms with Gasteiger partial charge < -0.3 is 10.3 Å². The normalized spacial score (nSPS) is 15.8. The minimum Gasteiger partial charge on any atom is -0.368 e. The van der Waals surface area contributed by atoms with Gasteiger partial charge in [-0.15, -0.1) is 0 Å². The fraction of sp³-hybridized carbons (Fsp3) is 0.368. The van der Waals surface area contributed by atoms with E-state index in [0.29, 0.717) is 48.7 Å². The number of hydrogen-bond acceptors (Lipinski definition) is 5. The second-order valence-corrected chi connectivity index (χ2v) is 8.74. The van der Waals surface area contributed by atoms with Crippen LogP contribution in [0.1, 0.15) is 25.1 Å². The number of nitrogens with zero attached hydrogens (tertiary/aromatic N) is 3. The van der Waals surface area contributed by atoms with E-state index in [4.69, 9.17) is 0 Å². The van der Waals surface area contributed by atoms with Crippen LogP contribution < -0.4 is 5.32 Å². The van der Waals surface area contributed by atoms with Crippen LogP contribution in [0.4, 0.5) is 10.2 Å². The van der Waals surface area contributed by atoms with Gasteiger partial charge >= 0.3 is 0 Å². The summed E-state index contributed by atoms with van der Waals surface area (Å²) >= 11 is 0. The molecular weight excluding hydrogens is 381 g/mol. The van der Waals surface area contributed by atoms with Crippen LogP contribution in [0, 0.1) is 5.82 Å². The molecule has 1 fully saturated rings. The fourth-order valence-electron chi connectivity index (χ4n) is 3.43. The first-order chi connectivity index (χ1) is 13.5. The van der Waals surface area contributed by atoms with Crippen molar-refractivity contribution in [1.82, 2.24) is 19.3 Å². The van der Waals surface area contributed by atoms with Crippen molar-refractivity contribution in [3.8, 4) is 0 Å². The van der Waals surface area contributed by atoms with Gasteiger partial charge in [-0.2, -0.15) is 4.31 Å². The molecule has 148 valence electrons. The third-order valence-corrected chi connectivity index (χ3v) is 6.78. The highest BCUT2D eigenvalue weighted by atomic mass is 32.2. The van der Waals surface area contributed by atoms with Crippen molar-refractivity contribution in [2.24, 2.45) is 0 Å². The number of H-pyrrole nitrogens is 1. The number of rotatable bonds is 6. The number of fused-ring (bicyclic) bond motifs is 1. The Morgan fingerprint density at radius 1 is 1.18 bits per heavy atom. The molecule has 3 aromatic rings. The summed E-state index contributed by atoms with van der Waals surface area (Å²) in [6.45, 7) is 1.54. The van der Waals surface area contributed by atoms with Crippen molar-refractivity contribution in [2.75, 3.05) is 25.0 Å². The van der Waals surface area contributed by atoms with Crippen molar-refractivity contribution >= 4 is 26.9 Å². The number of anilines is 1. The van der Waals surface area contributed by atoms with Crippen LogP contribution in [0.25, 0.3) is 11.0 Å². The summed E-state index contributed by atoms with van der Waals surface area (Å²) in [6.07, 6.45) is 4.92. The molecule has 0 spiro atoms. The predicted octanol–water partition coefficient (Wildman–Crippen LogP) is 2.93. The Kier molecular flexibility index (Phi) is 5.27. The standard InChI is InChI=1S/C19H22FN5O2S/c20-14-6-7-15-16(13-14)24-18(23-15)8-10-22-19-17(5-4-9-21-19)28(26,27)25-11-2-1-3-12-25/h4-7,9,13H,1-3,8,10-12H2,(H,21,22)(H,23,24). The maximum Gasteiger partial charge on any atom is 0.246 e. The highest BCUT2D eigenvalue weighted by Gasteiger charge is 2.28. The quantitative estimate of drug-likeness (QED) is 0.660. The number of imidazole rings is 1. The Labute approximate surface area is 163 Å². The molecule has 1 aliphatic rings. The van der Waals surface area contributed by atoms with Crippen LogP contribution >= 0.6 is 0 Å². The van der Waals surface area contributed by atoms with Crippen molar-refractivity contribution in [3.63, 3.8) is 0 Å². The molecule has 4 rings (SSSR count). The Morgan fingerprint density at radius 2 is 2.00 bits per heavy atom. The van der Waals surface area contributed by atoms with E-state index in [2.05, 4.69) is 20.3 Å². The van der Waals surface area contributed by atoms with Crippen molar-refractivity contribution in [3.05, 3.63) is 48.2 Å². The number of aromatic nitrogens is 3. The second kappa shape index (κ2) is 7.84. The SMILES string of the molecule is O=S(=O)(c1cccnc1NCCc1nc2ccc(F)cc2[nH]1)N1CCCCC1. The van der Waals surface area contributed by atoms with E-state index in [0.717, 1.165) is 19.3 Å². The van der Waals surface area contributed by atoms with E-state index in [1.165, 1.54) is 16.4 Å². The lowest BCUT2D eigenvalue weighted by Gasteiger charge is -2.26. The highest BCUT2D eigenvalue weighted by molar-refractivity contribution is 7.89. The smallest absolute Gasteiger partial charge is 0.246 e. The zero-order chi connectivity index (χ0) is 19.6. The lowest BCUT2D eigenvalue weighted by Crippen LogP contribution is -2.36. The summed E-state index contributed by atoms with van der Waals surface area (Å²) in [5.41, 5.74) is 1.34. The second-order valence-electron chi connectivity index (χ2n) is 6.84. The molecule has 0 aliphatic carbocycles. The molecule has 1 aliphatic heterocycles. The van der Waals surface area contributed by atoms with Crippen LogP contribution in [0.5, 0.6) is 0 Å². The average molecular weight is 403 g/mol. The van der Waals surface area contributed by atoms with Crippen molar-refractivity contribution < 1.29 is 12.8 Å². The van der Waals surface area contributed by atoms with Gasteiger partial charge in [0.25, 0.3) is 0 Å². The number of benzene rings is 1. The van der Waals surface area contributed by atoms with Gasteiger partial charge in [0, 0.05) is 32.3 Å². The van der Waals surface area contributed by atoms with Gasteiger partial charge in [-0.1, -0.05) is 6.42 Å². The van der Waals surface area contributed by atoms with Crippen molar-refractivity contribution in [1.29, 1.82) is 0 Å². The van der Waals surface area contributed by atoms with E-state index in [9.17, 15) is 12.8 Å². The Hall–Kier alpha value is -2.52. The number of sulfonamides is 1.